The van der Waals surface area contributed by atoms with E-state index < -0.39 is 17.9 Å². The number of nitrogens with two attached hydrogens (primary N) is 1. The van der Waals surface area contributed by atoms with Gasteiger partial charge < -0.3 is 20.2 Å². The molecule has 1 rings (SSSR count). The smallest absolute Gasteiger partial charge is 0.332 e. The summed E-state index contributed by atoms with van der Waals surface area (Å²) < 4.78 is 9.91. The molecule has 0 saturated carbocycles. The van der Waals surface area contributed by atoms with Crippen molar-refractivity contribution in [1.82, 2.24) is 10.3 Å². The molecular weight excluding hydrogens is 238 g/mol. The van der Waals surface area contributed by atoms with Crippen molar-refractivity contribution in [2.24, 2.45) is 5.73 Å². The third-order valence-electron chi connectivity index (χ3n) is 2.31. The molecule has 1 unspecified atom stereocenters. The van der Waals surface area contributed by atoms with Crippen molar-refractivity contribution in [2.45, 2.75) is 33.4 Å². The Balaban J connectivity index is 2.48. The van der Waals surface area contributed by atoms with E-state index in [2.05, 4.69) is 15.0 Å². The fourth-order valence-electron chi connectivity index (χ4n) is 1.23. The summed E-state index contributed by atoms with van der Waals surface area (Å²) in [4.78, 5) is 26.8. The third-order valence-corrected chi connectivity index (χ3v) is 2.31. The Kier molecular flexibility index (Phi) is 4.85. The van der Waals surface area contributed by atoms with Gasteiger partial charge in [-0.05, 0) is 20.8 Å². The van der Waals surface area contributed by atoms with E-state index in [0.717, 1.165) is 5.69 Å². The maximum absolute atomic E-state index is 11.5. The van der Waals surface area contributed by atoms with E-state index in [-0.39, 0.29) is 13.2 Å². The Morgan fingerprint density at radius 1 is 1.50 bits per heavy atom. The zero-order valence-electron chi connectivity index (χ0n) is 10.6. The molecule has 18 heavy (non-hydrogen) atoms. The first kappa shape index (κ1) is 14.2. The van der Waals surface area contributed by atoms with Crippen LogP contribution in [0.1, 0.15) is 24.3 Å². The van der Waals surface area contributed by atoms with Crippen LogP contribution < -0.4 is 11.1 Å². The first-order valence-electron chi connectivity index (χ1n) is 5.58. The van der Waals surface area contributed by atoms with Gasteiger partial charge in [-0.25, -0.2) is 9.78 Å². The number of aromatic nitrogens is 1. The quantitative estimate of drug-likeness (QED) is 0.557. The van der Waals surface area contributed by atoms with Crippen LogP contribution in [-0.4, -0.2) is 29.5 Å². The Bertz CT molecular complexity index is 422. The highest BCUT2D eigenvalue weighted by molar-refractivity contribution is 6.01. The molecule has 0 radical (unpaired) electrons. The molecule has 100 valence electrons. The number of carbonyl (C=O) groups is 2. The number of hydrogen-bond acceptors (Lipinski definition) is 6. The first-order chi connectivity index (χ1) is 8.45. The topological polar surface area (TPSA) is 107 Å². The van der Waals surface area contributed by atoms with Crippen molar-refractivity contribution in [3.63, 3.8) is 0 Å². The fourth-order valence-corrected chi connectivity index (χ4v) is 1.23. The lowest BCUT2D eigenvalue weighted by atomic mass is 10.3. The van der Waals surface area contributed by atoms with Crippen LogP contribution in [-0.2, 0) is 20.9 Å². The Hall–Kier alpha value is -1.89. The zero-order valence-corrected chi connectivity index (χ0v) is 10.6. The Morgan fingerprint density at radius 3 is 2.67 bits per heavy atom. The standard InChI is InChI=1S/C11H17N3O4/c1-4-17-11(16)9(12)10(15)13-5-8-14-6(2)7(3)18-8/h9H,4-5,12H2,1-3H3,(H,13,15). The number of aryl methyl sites for hydroxylation is 2. The summed E-state index contributed by atoms with van der Waals surface area (Å²) >= 11 is 0. The van der Waals surface area contributed by atoms with Crippen LogP contribution in [0.4, 0.5) is 0 Å². The maximum atomic E-state index is 11.5. The van der Waals surface area contributed by atoms with E-state index in [1.165, 1.54) is 0 Å². The van der Waals surface area contributed by atoms with Gasteiger partial charge in [0, 0.05) is 0 Å². The van der Waals surface area contributed by atoms with E-state index in [0.29, 0.717) is 11.7 Å². The number of rotatable bonds is 5. The molecule has 1 heterocycles. The van der Waals surface area contributed by atoms with E-state index >= 15 is 0 Å². The number of hydrogen-bond donors (Lipinski definition) is 2. The highest BCUT2D eigenvalue weighted by atomic mass is 16.5. The SMILES string of the molecule is CCOC(=O)C(N)C(=O)NCc1nc(C)c(C)o1. The second-order valence-electron chi connectivity index (χ2n) is 3.70. The molecule has 0 spiro atoms. The van der Waals surface area contributed by atoms with E-state index in [1.54, 1.807) is 20.8 Å². The molecule has 1 aromatic rings. The summed E-state index contributed by atoms with van der Waals surface area (Å²) in [6.07, 6.45) is 0. The minimum atomic E-state index is -1.33. The van der Waals surface area contributed by atoms with Crippen molar-refractivity contribution in [1.29, 1.82) is 0 Å². The molecule has 0 aliphatic carbocycles. The van der Waals surface area contributed by atoms with Gasteiger partial charge in [0.2, 0.25) is 11.8 Å². The fraction of sp³-hybridized carbons (Fsp3) is 0.545. The second-order valence-corrected chi connectivity index (χ2v) is 3.70. The summed E-state index contributed by atoms with van der Waals surface area (Å²) in [5.41, 5.74) is 6.17. The van der Waals surface area contributed by atoms with Crippen LogP contribution in [0, 0.1) is 13.8 Å². The zero-order chi connectivity index (χ0) is 13.7. The van der Waals surface area contributed by atoms with Crippen molar-refractivity contribution in [2.75, 3.05) is 6.61 Å². The van der Waals surface area contributed by atoms with Crippen molar-refractivity contribution in [3.8, 4) is 0 Å². The van der Waals surface area contributed by atoms with Gasteiger partial charge in [0.15, 0.2) is 6.04 Å². The third kappa shape index (κ3) is 3.56. The molecule has 0 aliphatic rings. The highest BCUT2D eigenvalue weighted by Gasteiger charge is 2.23. The average molecular weight is 255 g/mol. The number of nitrogens with zero attached hydrogens (tertiary/aromatic N) is 1. The Morgan fingerprint density at radius 2 is 2.17 bits per heavy atom. The number of ether oxygens (including phenoxy) is 1. The summed E-state index contributed by atoms with van der Waals surface area (Å²) in [5.74, 6) is -0.319. The molecule has 0 fully saturated rings. The molecule has 1 aromatic heterocycles. The molecule has 1 atom stereocenters. The van der Waals surface area contributed by atoms with Gasteiger partial charge in [0.1, 0.15) is 5.76 Å². The minimum absolute atomic E-state index is 0.0839. The lowest BCUT2D eigenvalue weighted by Crippen LogP contribution is -2.46. The van der Waals surface area contributed by atoms with Gasteiger partial charge in [-0.2, -0.15) is 0 Å². The lowest BCUT2D eigenvalue weighted by molar-refractivity contribution is -0.148. The molecule has 0 aliphatic heterocycles. The predicted molar refractivity (Wildman–Crippen MR) is 62.4 cm³/mol. The van der Waals surface area contributed by atoms with Crippen LogP contribution in [0.3, 0.4) is 0 Å². The van der Waals surface area contributed by atoms with E-state index in [4.69, 9.17) is 10.2 Å². The number of esters is 1. The largest absolute Gasteiger partial charge is 0.464 e. The van der Waals surface area contributed by atoms with Crippen LogP contribution >= 0.6 is 0 Å². The summed E-state index contributed by atoms with van der Waals surface area (Å²) in [7, 11) is 0. The van der Waals surface area contributed by atoms with Gasteiger partial charge in [-0.15, -0.1) is 0 Å². The molecular formula is C11H17N3O4. The molecule has 7 heteroatoms. The van der Waals surface area contributed by atoms with Gasteiger partial charge in [0.05, 0.1) is 18.8 Å². The average Bonchev–Trinajstić information content (AvgIpc) is 2.65. The lowest BCUT2D eigenvalue weighted by Gasteiger charge is -2.09. The first-order valence-corrected chi connectivity index (χ1v) is 5.58. The van der Waals surface area contributed by atoms with E-state index in [9.17, 15) is 9.59 Å². The number of carbonyl (C=O) groups excluding carboxylic acids is 2. The van der Waals surface area contributed by atoms with Crippen molar-refractivity contribution in [3.05, 3.63) is 17.3 Å². The van der Waals surface area contributed by atoms with Crippen LogP contribution in [0.5, 0.6) is 0 Å². The molecule has 3 N–H and O–H groups in total. The van der Waals surface area contributed by atoms with Crippen molar-refractivity contribution >= 4 is 11.9 Å². The van der Waals surface area contributed by atoms with Crippen LogP contribution in [0.15, 0.2) is 4.42 Å². The molecule has 1 amide bonds. The van der Waals surface area contributed by atoms with Gasteiger partial charge in [-0.3, -0.25) is 4.79 Å². The predicted octanol–water partition coefficient (Wildman–Crippen LogP) is -0.202. The van der Waals surface area contributed by atoms with Crippen LogP contribution in [0.2, 0.25) is 0 Å². The highest BCUT2D eigenvalue weighted by Crippen LogP contribution is 2.07. The summed E-state index contributed by atoms with van der Waals surface area (Å²) in [5, 5.41) is 2.46. The van der Waals surface area contributed by atoms with Gasteiger partial charge in [-0.1, -0.05) is 0 Å². The normalized spacial score (nSPS) is 12.0. The molecule has 0 saturated heterocycles. The van der Waals surface area contributed by atoms with Crippen LogP contribution in [0.25, 0.3) is 0 Å². The van der Waals surface area contributed by atoms with Gasteiger partial charge in [0.25, 0.3) is 0 Å². The van der Waals surface area contributed by atoms with Crippen molar-refractivity contribution < 1.29 is 18.7 Å². The molecule has 7 nitrogen and oxygen atoms in total. The molecule has 0 bridgehead atoms. The minimum Gasteiger partial charge on any atom is -0.464 e. The number of amides is 1. The van der Waals surface area contributed by atoms with Gasteiger partial charge >= 0.3 is 5.97 Å². The second kappa shape index (κ2) is 6.15. The number of nitrogens with one attached hydrogen (secondary N) is 1. The van der Waals surface area contributed by atoms with E-state index in [1.807, 2.05) is 0 Å². The summed E-state index contributed by atoms with van der Waals surface area (Å²) in [6.45, 7) is 5.48. The molecule has 0 aromatic carbocycles. The monoisotopic (exact) mass is 255 g/mol. The Labute approximate surface area is 105 Å². The summed E-state index contributed by atoms with van der Waals surface area (Å²) in [6, 6.07) is -1.33. The number of oxazole rings is 1. The maximum Gasteiger partial charge on any atom is 0.332 e.